The molecule has 0 bridgehead atoms. The highest BCUT2D eigenvalue weighted by Gasteiger charge is 2.16. The maximum atomic E-state index is 10.9. The summed E-state index contributed by atoms with van der Waals surface area (Å²) in [6.45, 7) is 0. The molecule has 0 unspecified atom stereocenters. The predicted octanol–water partition coefficient (Wildman–Crippen LogP) is 4.44. The van der Waals surface area contributed by atoms with Crippen LogP contribution in [-0.2, 0) is 0 Å². The van der Waals surface area contributed by atoms with E-state index in [2.05, 4.69) is 0 Å². The Morgan fingerprint density at radius 3 is 2.00 bits per heavy atom. The first-order chi connectivity index (χ1) is 6.43. The summed E-state index contributed by atoms with van der Waals surface area (Å²) in [5.74, 6) is 0. The summed E-state index contributed by atoms with van der Waals surface area (Å²) in [7, 11) is 1.47. The van der Waals surface area contributed by atoms with Crippen molar-refractivity contribution in [3.05, 3.63) is 27.2 Å². The van der Waals surface area contributed by atoms with Gasteiger partial charge in [-0.25, -0.2) is 0 Å². The molecule has 1 rings (SSSR count). The van der Waals surface area contributed by atoms with Crippen molar-refractivity contribution in [2.45, 2.75) is 0 Å². The first kappa shape index (κ1) is 11.9. The summed E-state index contributed by atoms with van der Waals surface area (Å²) >= 11 is 22.7. The van der Waals surface area contributed by atoms with Gasteiger partial charge in [0.2, 0.25) is 0 Å². The van der Waals surface area contributed by atoms with Crippen LogP contribution in [0.3, 0.4) is 0 Å². The summed E-state index contributed by atoms with van der Waals surface area (Å²) in [5.41, 5.74) is 0.345. The van der Waals surface area contributed by atoms with E-state index >= 15 is 0 Å². The van der Waals surface area contributed by atoms with Gasteiger partial charge in [-0.3, -0.25) is 9.69 Å². The lowest BCUT2D eigenvalue weighted by molar-refractivity contribution is 0.265. The Balaban J connectivity index is 3.27. The van der Waals surface area contributed by atoms with E-state index in [9.17, 15) is 4.79 Å². The van der Waals surface area contributed by atoms with Crippen LogP contribution in [-0.4, -0.2) is 12.4 Å². The molecule has 0 saturated heterocycles. The molecular weight excluding hydrogens is 268 g/mol. The molecule has 0 radical (unpaired) electrons. The average molecular weight is 273 g/mol. The van der Waals surface area contributed by atoms with Gasteiger partial charge in [0.25, 0.3) is 0 Å². The normalized spacial score (nSPS) is 10.1. The molecule has 1 amide bonds. The Kier molecular flexibility index (Phi) is 3.90. The zero-order valence-electron chi connectivity index (χ0n) is 7.02. The standard InChI is InChI=1S/C8H5Cl4NO/c1-13(8(12)14)7-5(10)2-4(9)3-6(7)11/h2-3H,1H3. The molecule has 0 atom stereocenters. The first-order valence-electron chi connectivity index (χ1n) is 3.51. The maximum Gasteiger partial charge on any atom is 0.320 e. The Morgan fingerprint density at radius 1 is 1.21 bits per heavy atom. The summed E-state index contributed by atoms with van der Waals surface area (Å²) in [5, 5.41) is 0.285. The van der Waals surface area contributed by atoms with Gasteiger partial charge in [-0.1, -0.05) is 34.8 Å². The third kappa shape index (κ3) is 2.45. The van der Waals surface area contributed by atoms with E-state index in [4.69, 9.17) is 46.4 Å². The number of benzene rings is 1. The van der Waals surface area contributed by atoms with Crippen LogP contribution < -0.4 is 4.90 Å². The molecule has 0 N–H and O–H groups in total. The van der Waals surface area contributed by atoms with E-state index < -0.39 is 5.37 Å². The lowest BCUT2D eigenvalue weighted by Crippen LogP contribution is -2.20. The second-order valence-corrected chi connectivity index (χ2v) is 4.10. The van der Waals surface area contributed by atoms with Crippen LogP contribution in [0.2, 0.25) is 15.1 Å². The fourth-order valence-corrected chi connectivity index (χ4v) is 2.10. The predicted molar refractivity (Wildman–Crippen MR) is 61.1 cm³/mol. The molecule has 2 nitrogen and oxygen atoms in total. The zero-order chi connectivity index (χ0) is 10.9. The second kappa shape index (κ2) is 4.58. The van der Waals surface area contributed by atoms with Crippen LogP contribution in [0.25, 0.3) is 0 Å². The second-order valence-electron chi connectivity index (χ2n) is 2.53. The summed E-state index contributed by atoms with van der Waals surface area (Å²) in [4.78, 5) is 12.0. The van der Waals surface area contributed by atoms with E-state index in [1.165, 1.54) is 19.2 Å². The minimum Gasteiger partial charge on any atom is -0.299 e. The minimum absolute atomic E-state index is 0.277. The maximum absolute atomic E-state index is 10.9. The van der Waals surface area contributed by atoms with Crippen molar-refractivity contribution < 1.29 is 4.79 Å². The van der Waals surface area contributed by atoms with Crippen molar-refractivity contribution in [3.8, 4) is 0 Å². The monoisotopic (exact) mass is 271 g/mol. The largest absolute Gasteiger partial charge is 0.320 e. The lowest BCUT2D eigenvalue weighted by atomic mass is 10.3. The van der Waals surface area contributed by atoms with Crippen LogP contribution in [0.5, 0.6) is 0 Å². The highest BCUT2D eigenvalue weighted by atomic mass is 35.5. The van der Waals surface area contributed by atoms with Gasteiger partial charge in [-0.15, -0.1) is 0 Å². The molecule has 6 heteroatoms. The molecule has 0 aliphatic heterocycles. The SMILES string of the molecule is CN(C(=O)Cl)c1c(Cl)cc(Cl)cc1Cl. The number of halogens is 4. The Hall–Kier alpha value is -0.150. The summed E-state index contributed by atoms with van der Waals surface area (Å²) in [6, 6.07) is 2.97. The van der Waals surface area contributed by atoms with Gasteiger partial charge in [0.1, 0.15) is 0 Å². The molecule has 14 heavy (non-hydrogen) atoms. The number of rotatable bonds is 1. The molecule has 1 aromatic rings. The Morgan fingerprint density at radius 2 is 1.64 bits per heavy atom. The number of hydrogen-bond donors (Lipinski definition) is 0. The van der Waals surface area contributed by atoms with Crippen molar-refractivity contribution in [1.29, 1.82) is 0 Å². The van der Waals surface area contributed by atoms with E-state index in [1.807, 2.05) is 0 Å². The van der Waals surface area contributed by atoms with Crippen LogP contribution in [0, 0.1) is 0 Å². The molecule has 76 valence electrons. The Labute approximate surface area is 101 Å². The van der Waals surface area contributed by atoms with Crippen LogP contribution in [0.1, 0.15) is 0 Å². The van der Waals surface area contributed by atoms with Crippen molar-refractivity contribution >= 4 is 57.5 Å². The third-order valence-electron chi connectivity index (χ3n) is 1.58. The van der Waals surface area contributed by atoms with Crippen LogP contribution in [0.4, 0.5) is 10.5 Å². The number of anilines is 1. The smallest absolute Gasteiger partial charge is 0.299 e. The number of carbonyl (C=O) groups excluding carboxylic acids is 1. The van der Waals surface area contributed by atoms with Crippen molar-refractivity contribution in [3.63, 3.8) is 0 Å². The van der Waals surface area contributed by atoms with E-state index in [1.54, 1.807) is 0 Å². The molecule has 1 aromatic carbocycles. The fraction of sp³-hybridized carbons (Fsp3) is 0.125. The highest BCUT2D eigenvalue weighted by molar-refractivity contribution is 6.66. The molecule has 0 aliphatic carbocycles. The van der Waals surface area contributed by atoms with Gasteiger partial charge < -0.3 is 0 Å². The average Bonchev–Trinajstić information content (AvgIpc) is 2.01. The van der Waals surface area contributed by atoms with Gasteiger partial charge in [-0.2, -0.15) is 0 Å². The van der Waals surface area contributed by atoms with Crippen molar-refractivity contribution in [2.75, 3.05) is 11.9 Å². The highest BCUT2D eigenvalue weighted by Crippen LogP contribution is 2.36. The van der Waals surface area contributed by atoms with Gasteiger partial charge in [0.15, 0.2) is 0 Å². The zero-order valence-corrected chi connectivity index (χ0v) is 10.0. The fourth-order valence-electron chi connectivity index (χ4n) is 0.943. The molecule has 0 heterocycles. The third-order valence-corrected chi connectivity index (χ3v) is 2.63. The molecule has 0 aliphatic rings. The van der Waals surface area contributed by atoms with Gasteiger partial charge >= 0.3 is 5.37 Å². The summed E-state index contributed by atoms with van der Waals surface area (Å²) in [6.07, 6.45) is 0. The first-order valence-corrected chi connectivity index (χ1v) is 5.02. The van der Waals surface area contributed by atoms with Crippen LogP contribution in [0.15, 0.2) is 12.1 Å². The number of carbonyl (C=O) groups is 1. The van der Waals surface area contributed by atoms with Crippen molar-refractivity contribution in [1.82, 2.24) is 0 Å². The number of amides is 1. The van der Waals surface area contributed by atoms with E-state index in [0.717, 1.165) is 4.90 Å². The molecule has 0 aromatic heterocycles. The molecule has 0 fully saturated rings. The van der Waals surface area contributed by atoms with Gasteiger partial charge in [0, 0.05) is 12.1 Å². The minimum atomic E-state index is -0.670. The molecular formula is C8H5Cl4NO. The summed E-state index contributed by atoms with van der Waals surface area (Å²) < 4.78 is 0. The quantitative estimate of drug-likeness (QED) is 0.547. The lowest BCUT2D eigenvalue weighted by Gasteiger charge is -2.16. The number of nitrogens with zero attached hydrogens (tertiary/aromatic N) is 1. The van der Waals surface area contributed by atoms with E-state index in [0.29, 0.717) is 10.7 Å². The van der Waals surface area contributed by atoms with Gasteiger partial charge in [0.05, 0.1) is 15.7 Å². The van der Waals surface area contributed by atoms with Crippen molar-refractivity contribution in [2.24, 2.45) is 0 Å². The Bertz CT molecular complexity index is 357. The topological polar surface area (TPSA) is 20.3 Å². The van der Waals surface area contributed by atoms with Gasteiger partial charge in [-0.05, 0) is 23.7 Å². The molecule has 0 spiro atoms. The molecule has 0 saturated carbocycles. The van der Waals surface area contributed by atoms with E-state index in [-0.39, 0.29) is 10.0 Å². The van der Waals surface area contributed by atoms with Crippen LogP contribution >= 0.6 is 46.4 Å². The number of hydrogen-bond acceptors (Lipinski definition) is 1.